The highest BCUT2D eigenvalue weighted by Gasteiger charge is 2.47. The van der Waals surface area contributed by atoms with Crippen molar-refractivity contribution in [3.05, 3.63) is 375 Å². The van der Waals surface area contributed by atoms with Crippen molar-refractivity contribution in [2.75, 3.05) is 9.80 Å². The van der Waals surface area contributed by atoms with Crippen LogP contribution in [0.1, 0.15) is 52.7 Å². The molecule has 0 bridgehead atoms. The minimum atomic E-state index is -0.312. The first-order valence-corrected chi connectivity index (χ1v) is 39.7. The summed E-state index contributed by atoms with van der Waals surface area (Å²) in [5.41, 5.74) is 32.2. The number of para-hydroxylation sites is 2. The number of aromatic nitrogens is 1. The first kappa shape index (κ1) is 66.2. The lowest BCUT2D eigenvalue weighted by Crippen LogP contribution is -2.61. The Balaban J connectivity index is 0.976. The van der Waals surface area contributed by atoms with Gasteiger partial charge in [-0.2, -0.15) is 0 Å². The number of fused-ring (bicyclic) bond motifs is 12. The van der Waals surface area contributed by atoms with Crippen molar-refractivity contribution in [2.45, 2.75) is 52.4 Å². The van der Waals surface area contributed by atoms with Gasteiger partial charge >= 0.3 is 0 Å². The molecule has 4 heterocycles. The van der Waals surface area contributed by atoms with Gasteiger partial charge in [-0.3, -0.25) is 0 Å². The molecule has 2 aromatic heterocycles. The number of nitrogens with zero attached hydrogens (tertiary/aromatic N) is 3. The predicted molar refractivity (Wildman–Crippen MR) is 478 cm³/mol. The summed E-state index contributed by atoms with van der Waals surface area (Å²) in [5, 5.41) is 9.82. The third kappa shape index (κ3) is 10.7. The van der Waals surface area contributed by atoms with Gasteiger partial charge < -0.3 is 14.4 Å². The Morgan fingerprint density at radius 3 is 1.12 bits per heavy atom. The molecule has 0 saturated carbocycles. The van der Waals surface area contributed by atoms with E-state index in [-0.39, 0.29) is 17.5 Å². The number of anilines is 6. The first-order chi connectivity index (χ1) is 54.4. The Bertz CT molecular complexity index is 6730. The first-order valence-electron chi connectivity index (χ1n) is 38.9. The topological polar surface area (TPSA) is 11.4 Å². The lowest BCUT2D eigenvalue weighted by atomic mass is 9.33. The van der Waals surface area contributed by atoms with Crippen LogP contribution in [-0.4, -0.2) is 11.3 Å². The Hall–Kier alpha value is -13.1. The number of thiophene rings is 1. The van der Waals surface area contributed by atoms with Gasteiger partial charge in [0.1, 0.15) is 0 Å². The Labute approximate surface area is 653 Å². The fourth-order valence-corrected chi connectivity index (χ4v) is 19.7. The van der Waals surface area contributed by atoms with Crippen LogP contribution in [0.15, 0.2) is 364 Å². The standard InChI is InChI=1S/C106H78BN3S/c1-105(2,3)74-61-86(67-33-12-7-13-34-67)102(87(62-74)68-35-14-8-15-36-68)109-94-58-56-72(77-50-32-51-85-80-45-28-31-54-98(80)111-104(77)85)59-91(94)107-90-57-55-73(100-83-48-24-22-46-81(83)99(71-41-20-11-21-42-71)82-47-23-25-49-84(82)100)60-95(90)110(97-66-76(65-96(109)101(97)107)108-92-52-29-26-43-78(92)79-44-27-30-53-93(79)108)103-88(69-37-16-9-17-38-69)63-75(106(4,5)6)64-89(103)70-39-18-10-19-40-70/h7-66H,1-6H3. The molecule has 3 nitrogen and oxygen atoms in total. The van der Waals surface area contributed by atoms with Crippen LogP contribution in [0.3, 0.4) is 0 Å². The maximum absolute atomic E-state index is 2.76. The summed E-state index contributed by atoms with van der Waals surface area (Å²) in [6.45, 7) is 13.9. The van der Waals surface area contributed by atoms with E-state index in [0.717, 1.165) is 101 Å². The second kappa shape index (κ2) is 25.8. The molecule has 19 aromatic rings. The summed E-state index contributed by atoms with van der Waals surface area (Å²) in [6, 6.07) is 139. The van der Waals surface area contributed by atoms with E-state index in [1.807, 2.05) is 11.3 Å². The van der Waals surface area contributed by atoms with Crippen molar-refractivity contribution in [1.29, 1.82) is 0 Å². The summed E-state index contributed by atoms with van der Waals surface area (Å²) >= 11 is 1.90. The average Bonchev–Trinajstić information content (AvgIpc) is 0.838. The van der Waals surface area contributed by atoms with Gasteiger partial charge in [0.25, 0.3) is 6.71 Å². The molecule has 0 aliphatic carbocycles. The van der Waals surface area contributed by atoms with E-state index in [1.165, 1.54) is 108 Å². The smallest absolute Gasteiger partial charge is 0.252 e. The van der Waals surface area contributed by atoms with Gasteiger partial charge in [0, 0.05) is 75.9 Å². The second-order valence-corrected chi connectivity index (χ2v) is 33.3. The average molecular weight is 1440 g/mol. The number of benzene rings is 17. The highest BCUT2D eigenvalue weighted by Crippen LogP contribution is 2.57. The highest BCUT2D eigenvalue weighted by atomic mass is 32.1. The van der Waals surface area contributed by atoms with Gasteiger partial charge in [-0.05, 0) is 182 Å². The minimum Gasteiger partial charge on any atom is -0.310 e. The molecule has 0 radical (unpaired) electrons. The van der Waals surface area contributed by atoms with Gasteiger partial charge in [-0.15, -0.1) is 11.3 Å². The van der Waals surface area contributed by atoms with Crippen LogP contribution >= 0.6 is 11.3 Å². The van der Waals surface area contributed by atoms with Crippen LogP contribution in [0.25, 0.3) is 147 Å². The molecular formula is C106H78BN3S. The van der Waals surface area contributed by atoms with Crippen LogP contribution in [0.2, 0.25) is 0 Å². The predicted octanol–water partition coefficient (Wildman–Crippen LogP) is 27.8. The lowest BCUT2D eigenvalue weighted by Gasteiger charge is -2.46. The monoisotopic (exact) mass is 1440 g/mol. The quantitative estimate of drug-likeness (QED) is 0.0999. The summed E-state index contributed by atoms with van der Waals surface area (Å²) < 4.78 is 5.14. The van der Waals surface area contributed by atoms with Gasteiger partial charge in [0.2, 0.25) is 0 Å². The fraction of sp³-hybridized carbons (Fsp3) is 0.0755. The van der Waals surface area contributed by atoms with Crippen LogP contribution in [0.5, 0.6) is 0 Å². The largest absolute Gasteiger partial charge is 0.310 e. The normalized spacial score (nSPS) is 12.7. The summed E-state index contributed by atoms with van der Waals surface area (Å²) in [5.74, 6) is 0. The summed E-state index contributed by atoms with van der Waals surface area (Å²) in [7, 11) is 0. The zero-order valence-corrected chi connectivity index (χ0v) is 63.8. The maximum Gasteiger partial charge on any atom is 0.252 e. The molecule has 2 aliphatic heterocycles. The van der Waals surface area contributed by atoms with Crippen molar-refractivity contribution in [3.63, 3.8) is 0 Å². The molecule has 0 fully saturated rings. The third-order valence-electron chi connectivity index (χ3n) is 23.6. The molecule has 0 spiro atoms. The fourth-order valence-electron chi connectivity index (χ4n) is 18.4. The highest BCUT2D eigenvalue weighted by molar-refractivity contribution is 7.26. The van der Waals surface area contributed by atoms with Crippen LogP contribution in [0, 0.1) is 0 Å². The van der Waals surface area contributed by atoms with Crippen molar-refractivity contribution in [2.24, 2.45) is 0 Å². The van der Waals surface area contributed by atoms with Crippen molar-refractivity contribution < 1.29 is 0 Å². The molecule has 111 heavy (non-hydrogen) atoms. The van der Waals surface area contributed by atoms with Crippen LogP contribution in [0.4, 0.5) is 34.1 Å². The number of hydrogen-bond acceptors (Lipinski definition) is 3. The van der Waals surface area contributed by atoms with E-state index in [4.69, 9.17) is 0 Å². The number of hydrogen-bond donors (Lipinski definition) is 0. The van der Waals surface area contributed by atoms with Gasteiger partial charge in [-0.25, -0.2) is 0 Å². The number of rotatable bonds is 10. The molecule has 21 rings (SSSR count). The zero-order chi connectivity index (χ0) is 74.4. The lowest BCUT2D eigenvalue weighted by molar-refractivity contribution is 0.590. The molecule has 0 atom stereocenters. The van der Waals surface area contributed by atoms with Crippen LogP contribution < -0.4 is 26.2 Å². The van der Waals surface area contributed by atoms with E-state index in [0.29, 0.717) is 0 Å². The van der Waals surface area contributed by atoms with Crippen LogP contribution in [-0.2, 0) is 10.8 Å². The summed E-state index contributed by atoms with van der Waals surface area (Å²) in [6.07, 6.45) is 0. The van der Waals surface area contributed by atoms with E-state index >= 15 is 0 Å². The molecule has 0 unspecified atom stereocenters. The van der Waals surface area contributed by atoms with Gasteiger partial charge in [0.15, 0.2) is 0 Å². The van der Waals surface area contributed by atoms with Crippen molar-refractivity contribution in [1.82, 2.24) is 4.57 Å². The Morgan fingerprint density at radius 2 is 0.649 bits per heavy atom. The SMILES string of the molecule is CC(C)(C)c1cc(-c2ccccc2)c(N2c3ccc(-c4cccc5c4sc4ccccc45)cc3B3c4ccc(-c5c6ccccc6c(-c6ccccc6)c6ccccc56)cc4N(c4c(-c5ccccc5)cc(C(C)(C)C)cc4-c4ccccc4)c4cc(-n5c6ccccc6c6ccccc65)cc2c43)c(-c2ccccc2)c1. The van der Waals surface area contributed by atoms with Gasteiger partial charge in [-0.1, -0.05) is 339 Å². The van der Waals surface area contributed by atoms with Crippen molar-refractivity contribution >= 4 is 132 Å². The Kier molecular flexibility index (Phi) is 15.4. The minimum absolute atomic E-state index is 0.213. The van der Waals surface area contributed by atoms with Gasteiger partial charge in [0.05, 0.1) is 28.1 Å². The van der Waals surface area contributed by atoms with E-state index < -0.39 is 0 Å². The molecule has 2 aliphatic rings. The molecule has 17 aromatic carbocycles. The van der Waals surface area contributed by atoms with E-state index in [1.54, 1.807) is 0 Å². The molecule has 0 saturated heterocycles. The van der Waals surface area contributed by atoms with E-state index in [9.17, 15) is 0 Å². The second-order valence-electron chi connectivity index (χ2n) is 32.2. The maximum atomic E-state index is 2.76. The molecule has 0 amide bonds. The summed E-state index contributed by atoms with van der Waals surface area (Å²) in [4.78, 5) is 5.49. The third-order valence-corrected chi connectivity index (χ3v) is 24.8. The molecule has 5 heteroatoms. The molecule has 0 N–H and O–H groups in total. The molecule has 526 valence electrons. The van der Waals surface area contributed by atoms with Crippen molar-refractivity contribution in [3.8, 4) is 83.6 Å². The zero-order valence-electron chi connectivity index (χ0n) is 63.0. The van der Waals surface area contributed by atoms with E-state index in [2.05, 4.69) is 420 Å². The molecular weight excluding hydrogens is 1360 g/mol. The Morgan fingerprint density at radius 1 is 0.261 bits per heavy atom.